The van der Waals surface area contributed by atoms with Gasteiger partial charge < -0.3 is 19.5 Å². The third kappa shape index (κ3) is 7.71. The van der Waals surface area contributed by atoms with E-state index in [9.17, 15) is 9.59 Å². The maximum Gasteiger partial charge on any atom is 0.427 e. The van der Waals surface area contributed by atoms with Gasteiger partial charge in [-0.2, -0.15) is 5.10 Å². The van der Waals surface area contributed by atoms with E-state index in [0.717, 1.165) is 25.9 Å². The number of thioether (sulfide) groups is 1. The van der Waals surface area contributed by atoms with Crippen LogP contribution in [0.2, 0.25) is 0 Å². The third-order valence-corrected chi connectivity index (χ3v) is 4.89. The number of nitrogens with zero attached hydrogens (tertiary/aromatic N) is 2. The Bertz CT molecular complexity index is 753. The number of hydrogen-bond donors (Lipinski definition) is 3. The van der Waals surface area contributed by atoms with Gasteiger partial charge in [-0.15, -0.1) is 11.8 Å². The van der Waals surface area contributed by atoms with Crippen LogP contribution >= 0.6 is 11.8 Å². The Morgan fingerprint density at radius 3 is 2.70 bits per heavy atom. The van der Waals surface area contributed by atoms with Crippen molar-refractivity contribution in [1.82, 2.24) is 15.7 Å². The lowest BCUT2D eigenvalue weighted by atomic mass is 9.99. The first-order chi connectivity index (χ1) is 14.4. The molecular weight excluding hydrogens is 410 g/mol. The van der Waals surface area contributed by atoms with Gasteiger partial charge >= 0.3 is 12.2 Å². The highest BCUT2D eigenvalue weighted by molar-refractivity contribution is 8.13. The van der Waals surface area contributed by atoms with Crippen molar-refractivity contribution in [1.29, 1.82) is 0 Å². The van der Waals surface area contributed by atoms with E-state index >= 15 is 0 Å². The molecule has 30 heavy (non-hydrogen) atoms. The van der Waals surface area contributed by atoms with Crippen molar-refractivity contribution in [2.45, 2.75) is 32.8 Å². The molecule has 1 aliphatic rings. The van der Waals surface area contributed by atoms with Crippen LogP contribution in [0.15, 0.2) is 17.4 Å². The molecule has 1 saturated heterocycles. The van der Waals surface area contributed by atoms with Gasteiger partial charge in [0.2, 0.25) is 0 Å². The number of carbonyl (C=O) groups is 2. The van der Waals surface area contributed by atoms with Crippen molar-refractivity contribution < 1.29 is 23.8 Å². The van der Waals surface area contributed by atoms with Gasteiger partial charge in [0.1, 0.15) is 16.5 Å². The zero-order chi connectivity index (χ0) is 21.9. The fraction of sp³-hybridized carbons (Fsp3) is 0.579. The molecule has 166 valence electrons. The van der Waals surface area contributed by atoms with Crippen molar-refractivity contribution in [3.8, 4) is 5.75 Å². The van der Waals surface area contributed by atoms with Gasteiger partial charge in [-0.05, 0) is 52.0 Å². The lowest BCUT2D eigenvalue weighted by molar-refractivity contribution is 0.118. The molecule has 0 radical (unpaired) electrons. The van der Waals surface area contributed by atoms with Crippen LogP contribution in [0.5, 0.6) is 5.75 Å². The van der Waals surface area contributed by atoms with Crippen LogP contribution < -0.4 is 20.8 Å². The third-order valence-electron chi connectivity index (χ3n) is 4.22. The summed E-state index contributed by atoms with van der Waals surface area (Å²) in [5, 5.41) is 10.4. The van der Waals surface area contributed by atoms with E-state index < -0.39 is 12.2 Å². The second kappa shape index (κ2) is 12.2. The lowest BCUT2D eigenvalue weighted by Gasteiger charge is -2.21. The van der Waals surface area contributed by atoms with E-state index in [1.165, 1.54) is 25.1 Å². The minimum Gasteiger partial charge on any atom is -0.494 e. The molecule has 10 nitrogen and oxygen atoms in total. The number of hydrazone groups is 1. The van der Waals surface area contributed by atoms with Crippen LogP contribution in [0.25, 0.3) is 0 Å². The van der Waals surface area contributed by atoms with E-state index in [2.05, 4.69) is 26.1 Å². The quantitative estimate of drug-likeness (QED) is 0.337. The Hall–Kier alpha value is -2.53. The molecule has 0 saturated carbocycles. The number of amides is 2. The summed E-state index contributed by atoms with van der Waals surface area (Å²) in [5.41, 5.74) is 3.23. The fourth-order valence-corrected chi connectivity index (χ4v) is 3.24. The Labute approximate surface area is 180 Å². The van der Waals surface area contributed by atoms with Gasteiger partial charge in [0.25, 0.3) is 0 Å². The Morgan fingerprint density at radius 2 is 2.07 bits per heavy atom. The smallest absolute Gasteiger partial charge is 0.427 e. The summed E-state index contributed by atoms with van der Waals surface area (Å²) in [4.78, 5) is 28.0. The summed E-state index contributed by atoms with van der Waals surface area (Å²) in [6.07, 6.45) is 3.79. The van der Waals surface area contributed by atoms with Gasteiger partial charge in [-0.3, -0.25) is 5.32 Å². The first-order valence-corrected chi connectivity index (χ1v) is 10.9. The number of ether oxygens (including phenoxy) is 3. The molecule has 1 aliphatic heterocycles. The number of methoxy groups -OCH3 is 1. The van der Waals surface area contributed by atoms with Gasteiger partial charge in [0.05, 0.1) is 31.7 Å². The summed E-state index contributed by atoms with van der Waals surface area (Å²) in [6.45, 7) is 5.76. The highest BCUT2D eigenvalue weighted by Gasteiger charge is 2.17. The summed E-state index contributed by atoms with van der Waals surface area (Å²) < 4.78 is 15.7. The minimum atomic E-state index is -0.617. The normalized spacial score (nSPS) is 14.9. The predicted octanol–water partition coefficient (Wildman–Crippen LogP) is 2.80. The van der Waals surface area contributed by atoms with E-state index in [1.54, 1.807) is 26.2 Å². The van der Waals surface area contributed by atoms with Gasteiger partial charge in [0, 0.05) is 6.07 Å². The molecule has 11 heteroatoms. The van der Waals surface area contributed by atoms with E-state index in [4.69, 9.17) is 14.2 Å². The average molecular weight is 440 g/mol. The predicted molar refractivity (Wildman–Crippen MR) is 116 cm³/mol. The Balaban J connectivity index is 1.99. The molecule has 0 unspecified atom stereocenters. The first kappa shape index (κ1) is 23.7. The molecule has 0 bridgehead atoms. The fourth-order valence-electron chi connectivity index (χ4n) is 2.76. The summed E-state index contributed by atoms with van der Waals surface area (Å²) in [7, 11) is 1.48. The maximum atomic E-state index is 12.0. The zero-order valence-corrected chi connectivity index (χ0v) is 18.5. The van der Waals surface area contributed by atoms with E-state index in [0.29, 0.717) is 34.7 Å². The second-order valence-corrected chi connectivity index (χ2v) is 7.67. The zero-order valence-electron chi connectivity index (χ0n) is 17.7. The molecule has 2 heterocycles. The van der Waals surface area contributed by atoms with Crippen molar-refractivity contribution in [2.75, 3.05) is 38.4 Å². The molecule has 1 aromatic rings. The van der Waals surface area contributed by atoms with Gasteiger partial charge in [-0.25, -0.2) is 20.0 Å². The van der Waals surface area contributed by atoms with Gasteiger partial charge in [-0.1, -0.05) is 0 Å². The molecular formula is C19H29N5O5S. The number of anilines is 1. The monoisotopic (exact) mass is 439 g/mol. The maximum absolute atomic E-state index is 12.0. The number of pyridine rings is 1. The molecule has 0 atom stereocenters. The molecule has 0 aliphatic carbocycles. The van der Waals surface area contributed by atoms with E-state index in [-0.39, 0.29) is 6.10 Å². The van der Waals surface area contributed by atoms with Crippen LogP contribution in [0.3, 0.4) is 0 Å². The molecule has 0 spiro atoms. The number of rotatable bonds is 7. The van der Waals surface area contributed by atoms with Crippen LogP contribution in [-0.2, 0) is 9.47 Å². The highest BCUT2D eigenvalue weighted by atomic mass is 32.2. The molecule has 1 fully saturated rings. The Kier molecular flexibility index (Phi) is 9.68. The van der Waals surface area contributed by atoms with Gasteiger partial charge in [0.15, 0.2) is 0 Å². The van der Waals surface area contributed by atoms with Crippen molar-refractivity contribution in [3.63, 3.8) is 0 Å². The lowest BCUT2D eigenvalue weighted by Crippen LogP contribution is -2.31. The average Bonchev–Trinajstić information content (AvgIpc) is 2.73. The number of carbonyl (C=O) groups excluding carboxylic acids is 2. The van der Waals surface area contributed by atoms with Crippen LogP contribution in [0.4, 0.5) is 15.3 Å². The summed E-state index contributed by atoms with van der Waals surface area (Å²) >= 11 is 1.29. The van der Waals surface area contributed by atoms with Crippen molar-refractivity contribution >= 4 is 34.7 Å². The number of nitrogens with one attached hydrogen (secondary N) is 3. The highest BCUT2D eigenvalue weighted by Crippen LogP contribution is 2.24. The summed E-state index contributed by atoms with van der Waals surface area (Å²) in [5.74, 6) is 0.750. The van der Waals surface area contributed by atoms with Crippen LogP contribution in [-0.4, -0.2) is 61.4 Å². The van der Waals surface area contributed by atoms with Crippen LogP contribution in [0, 0.1) is 5.92 Å². The molecule has 2 rings (SSSR count). The minimum absolute atomic E-state index is 0.241. The molecule has 0 aromatic carbocycles. The number of hydrogen-bond acceptors (Lipinski definition) is 9. The van der Waals surface area contributed by atoms with Crippen molar-refractivity contribution in [2.24, 2.45) is 11.0 Å². The second-order valence-electron chi connectivity index (χ2n) is 6.88. The molecule has 3 N–H and O–H groups in total. The molecule has 2 amide bonds. The first-order valence-electron chi connectivity index (χ1n) is 9.70. The van der Waals surface area contributed by atoms with Crippen LogP contribution in [0.1, 0.15) is 32.4 Å². The van der Waals surface area contributed by atoms with E-state index in [1.807, 2.05) is 0 Å². The largest absolute Gasteiger partial charge is 0.494 e. The summed E-state index contributed by atoms with van der Waals surface area (Å²) in [6, 6.07) is 1.60. The molecule has 1 aromatic heterocycles. The number of piperidine rings is 1. The number of aromatic nitrogens is 1. The standard InChI is InChI=1S/C19H29N5O5S/c1-12(2)29-18(25)22-14-9-15(27-3)16(21-10-14)17(30-4)23-24-19(26)28-11-13-5-7-20-8-6-13/h9-10,12-13,20H,5-8,11H2,1-4H3,(H,22,25)(H,24,26)/b23-17-. The Morgan fingerprint density at radius 1 is 1.33 bits per heavy atom. The SMILES string of the molecule is COc1cc(NC(=O)OC(C)C)cnc1/C(=N/NC(=O)OCC1CCNCC1)SC. The topological polar surface area (TPSA) is 123 Å². The van der Waals surface area contributed by atoms with Crippen molar-refractivity contribution in [3.05, 3.63) is 18.0 Å².